The van der Waals surface area contributed by atoms with Gasteiger partial charge in [0.1, 0.15) is 5.75 Å². The number of hydrogen-bond acceptors (Lipinski definition) is 2. The van der Waals surface area contributed by atoms with Crippen molar-refractivity contribution in [3.8, 4) is 5.75 Å². The van der Waals surface area contributed by atoms with Crippen molar-refractivity contribution in [2.75, 3.05) is 13.7 Å². The van der Waals surface area contributed by atoms with E-state index in [-0.39, 0.29) is 5.54 Å². The molecule has 88 valence electrons. The van der Waals surface area contributed by atoms with Gasteiger partial charge in [0.2, 0.25) is 0 Å². The van der Waals surface area contributed by atoms with Gasteiger partial charge in [0.15, 0.2) is 0 Å². The van der Waals surface area contributed by atoms with Crippen molar-refractivity contribution in [2.24, 2.45) is 5.92 Å². The van der Waals surface area contributed by atoms with Crippen LogP contribution < -0.4 is 10.1 Å². The van der Waals surface area contributed by atoms with Gasteiger partial charge in [-0.05, 0) is 43.0 Å². The van der Waals surface area contributed by atoms with Crippen LogP contribution in [0, 0.1) is 5.92 Å². The first-order valence-electron chi connectivity index (χ1n) is 6.06. The van der Waals surface area contributed by atoms with Gasteiger partial charge >= 0.3 is 0 Å². The fraction of sp³-hybridized carbons (Fsp3) is 0.571. The summed E-state index contributed by atoms with van der Waals surface area (Å²) in [7, 11) is 1.71. The number of hydrogen-bond donors (Lipinski definition) is 1. The van der Waals surface area contributed by atoms with Gasteiger partial charge in [-0.2, -0.15) is 0 Å². The molecule has 0 radical (unpaired) electrons. The Hall–Kier alpha value is -1.02. The molecule has 1 aromatic carbocycles. The third-order valence-corrected chi connectivity index (χ3v) is 3.41. The maximum Gasteiger partial charge on any atom is 0.118 e. The van der Waals surface area contributed by atoms with Crippen molar-refractivity contribution >= 4 is 0 Å². The minimum Gasteiger partial charge on any atom is -0.497 e. The molecule has 1 fully saturated rings. The highest BCUT2D eigenvalue weighted by Gasteiger charge is 2.38. The lowest BCUT2D eigenvalue weighted by Gasteiger charge is -2.45. The van der Waals surface area contributed by atoms with E-state index >= 15 is 0 Å². The molecule has 0 amide bonds. The molecule has 2 nitrogen and oxygen atoms in total. The molecular formula is C14H21NO. The number of methoxy groups -OCH3 is 1. The first-order valence-corrected chi connectivity index (χ1v) is 6.06. The number of ether oxygens (including phenoxy) is 1. The summed E-state index contributed by atoms with van der Waals surface area (Å²) >= 11 is 0. The molecule has 1 N–H and O–H groups in total. The molecule has 1 saturated heterocycles. The van der Waals surface area contributed by atoms with Crippen LogP contribution in [0.2, 0.25) is 0 Å². The zero-order chi connectivity index (χ0) is 11.6. The minimum atomic E-state index is 0.223. The smallest absolute Gasteiger partial charge is 0.118 e. The number of rotatable bonds is 4. The van der Waals surface area contributed by atoms with Crippen molar-refractivity contribution in [3.05, 3.63) is 29.8 Å². The first kappa shape index (κ1) is 11.5. The molecular weight excluding hydrogens is 198 g/mol. The normalized spacial score (nSPS) is 24.2. The van der Waals surface area contributed by atoms with E-state index in [0.717, 1.165) is 18.2 Å². The maximum absolute atomic E-state index is 5.19. The maximum atomic E-state index is 5.19. The summed E-state index contributed by atoms with van der Waals surface area (Å²) in [6.45, 7) is 5.70. The molecule has 16 heavy (non-hydrogen) atoms. The van der Waals surface area contributed by atoms with Crippen LogP contribution in [0.1, 0.15) is 32.3 Å². The van der Waals surface area contributed by atoms with Crippen LogP contribution in [-0.2, 0) is 5.54 Å². The third-order valence-electron chi connectivity index (χ3n) is 3.41. The van der Waals surface area contributed by atoms with Crippen LogP contribution in [0.25, 0.3) is 0 Å². The Bertz CT molecular complexity index is 338. The lowest BCUT2D eigenvalue weighted by molar-refractivity contribution is 0.170. The van der Waals surface area contributed by atoms with Crippen molar-refractivity contribution in [1.82, 2.24) is 5.32 Å². The molecule has 1 aliphatic rings. The van der Waals surface area contributed by atoms with Crippen molar-refractivity contribution in [2.45, 2.75) is 32.2 Å². The van der Waals surface area contributed by atoms with Crippen LogP contribution in [0.15, 0.2) is 24.3 Å². The van der Waals surface area contributed by atoms with E-state index in [1.54, 1.807) is 7.11 Å². The summed E-state index contributed by atoms with van der Waals surface area (Å²) in [6.07, 6.45) is 2.46. The highest BCUT2D eigenvalue weighted by Crippen LogP contribution is 2.37. The highest BCUT2D eigenvalue weighted by molar-refractivity contribution is 5.33. The van der Waals surface area contributed by atoms with Crippen molar-refractivity contribution in [3.63, 3.8) is 0 Å². The molecule has 0 aromatic heterocycles. The second kappa shape index (κ2) is 4.46. The molecule has 0 saturated carbocycles. The molecule has 1 aliphatic heterocycles. The van der Waals surface area contributed by atoms with E-state index in [0.29, 0.717) is 0 Å². The molecule has 1 heterocycles. The Balaban J connectivity index is 2.19. The van der Waals surface area contributed by atoms with Gasteiger partial charge in [-0.3, -0.25) is 0 Å². The average molecular weight is 219 g/mol. The molecule has 2 heteroatoms. The number of nitrogens with one attached hydrogen (secondary N) is 1. The summed E-state index contributed by atoms with van der Waals surface area (Å²) < 4.78 is 5.19. The van der Waals surface area contributed by atoms with E-state index in [9.17, 15) is 0 Å². The highest BCUT2D eigenvalue weighted by atomic mass is 16.5. The fourth-order valence-corrected chi connectivity index (χ4v) is 2.57. The summed E-state index contributed by atoms with van der Waals surface area (Å²) in [5.41, 5.74) is 1.62. The summed E-state index contributed by atoms with van der Waals surface area (Å²) in [5.74, 6) is 1.65. The summed E-state index contributed by atoms with van der Waals surface area (Å²) in [5, 5.41) is 3.60. The van der Waals surface area contributed by atoms with Gasteiger partial charge in [-0.1, -0.05) is 26.0 Å². The Morgan fingerprint density at radius 1 is 1.31 bits per heavy atom. The zero-order valence-corrected chi connectivity index (χ0v) is 10.4. The van der Waals surface area contributed by atoms with Crippen LogP contribution in [0.3, 0.4) is 0 Å². The summed E-state index contributed by atoms with van der Waals surface area (Å²) in [4.78, 5) is 0. The Labute approximate surface area is 98.0 Å². The van der Waals surface area contributed by atoms with Crippen LogP contribution >= 0.6 is 0 Å². The van der Waals surface area contributed by atoms with E-state index in [1.807, 2.05) is 0 Å². The quantitative estimate of drug-likeness (QED) is 0.840. The van der Waals surface area contributed by atoms with Crippen LogP contribution in [-0.4, -0.2) is 13.7 Å². The summed E-state index contributed by atoms with van der Waals surface area (Å²) in [6, 6.07) is 8.48. The second-order valence-electron chi connectivity index (χ2n) is 5.09. The predicted molar refractivity (Wildman–Crippen MR) is 66.7 cm³/mol. The predicted octanol–water partition coefficient (Wildman–Crippen LogP) is 2.93. The van der Waals surface area contributed by atoms with E-state index < -0.39 is 0 Å². The van der Waals surface area contributed by atoms with Gasteiger partial charge in [0.05, 0.1) is 7.11 Å². The van der Waals surface area contributed by atoms with Gasteiger partial charge in [0, 0.05) is 5.54 Å². The fourth-order valence-electron chi connectivity index (χ4n) is 2.57. The van der Waals surface area contributed by atoms with Crippen molar-refractivity contribution in [1.29, 1.82) is 0 Å². The number of benzene rings is 1. The standard InChI is InChI=1S/C14H21NO/c1-11(2)10-14(8-9-15-14)12-4-6-13(16-3)7-5-12/h4-7,11,15H,8-10H2,1-3H3. The Kier molecular flexibility index (Phi) is 3.20. The Morgan fingerprint density at radius 2 is 1.94 bits per heavy atom. The topological polar surface area (TPSA) is 21.3 Å². The van der Waals surface area contributed by atoms with Gasteiger partial charge < -0.3 is 10.1 Å². The lowest BCUT2D eigenvalue weighted by atomic mass is 9.75. The monoisotopic (exact) mass is 219 g/mol. The Morgan fingerprint density at radius 3 is 2.31 bits per heavy atom. The minimum absolute atomic E-state index is 0.223. The average Bonchev–Trinajstić information content (AvgIpc) is 2.23. The van der Waals surface area contributed by atoms with Gasteiger partial charge in [-0.15, -0.1) is 0 Å². The van der Waals surface area contributed by atoms with Crippen molar-refractivity contribution < 1.29 is 4.74 Å². The molecule has 1 unspecified atom stereocenters. The second-order valence-corrected chi connectivity index (χ2v) is 5.09. The molecule has 1 atom stereocenters. The molecule has 0 spiro atoms. The third kappa shape index (κ3) is 2.07. The largest absolute Gasteiger partial charge is 0.497 e. The molecule has 0 bridgehead atoms. The van der Waals surface area contributed by atoms with E-state index in [4.69, 9.17) is 4.74 Å². The molecule has 0 aliphatic carbocycles. The van der Waals surface area contributed by atoms with E-state index in [2.05, 4.69) is 43.4 Å². The SMILES string of the molecule is COc1ccc(C2(CC(C)C)CCN2)cc1. The van der Waals surface area contributed by atoms with Crippen LogP contribution in [0.5, 0.6) is 5.75 Å². The molecule has 2 rings (SSSR count). The van der Waals surface area contributed by atoms with E-state index in [1.165, 1.54) is 18.4 Å². The lowest BCUT2D eigenvalue weighted by Crippen LogP contribution is -2.54. The van der Waals surface area contributed by atoms with Gasteiger partial charge in [-0.25, -0.2) is 0 Å². The molecule has 1 aromatic rings. The van der Waals surface area contributed by atoms with Crippen LogP contribution in [0.4, 0.5) is 0 Å². The first-order chi connectivity index (χ1) is 7.66. The zero-order valence-electron chi connectivity index (χ0n) is 10.4. The van der Waals surface area contributed by atoms with Gasteiger partial charge in [0.25, 0.3) is 0 Å².